The van der Waals surface area contributed by atoms with Crippen LogP contribution in [0.3, 0.4) is 0 Å². The average Bonchev–Trinajstić information content (AvgIpc) is 3.22. The van der Waals surface area contributed by atoms with Crippen LogP contribution in [0.4, 0.5) is 17.5 Å². The standard InChI is InChI=1S/C30H37N7O4/c1-30(2)24-17-21(9-10-22(24)28(40)36-30)33-29-32-18-23(27(39)31-11-6-12-37-13-15-41-16-14-37)26(35-29)34-25(19-38)20-7-4-3-5-8-20/h3-5,7-10,17-18,25,38H,6,11-16,19H2,1-2H3,(H,31,39)(H,36,40)(H2,32,33,34,35)/t25-/m1/s1. The molecule has 0 radical (unpaired) electrons. The zero-order valence-electron chi connectivity index (χ0n) is 23.4. The van der Waals surface area contributed by atoms with Crippen molar-refractivity contribution in [2.45, 2.75) is 31.8 Å². The molecule has 1 aromatic heterocycles. The van der Waals surface area contributed by atoms with Gasteiger partial charge in [0, 0.05) is 37.1 Å². The van der Waals surface area contributed by atoms with Crippen LogP contribution in [-0.2, 0) is 10.3 Å². The second-order valence-corrected chi connectivity index (χ2v) is 10.8. The summed E-state index contributed by atoms with van der Waals surface area (Å²) in [4.78, 5) is 36.9. The molecule has 0 bridgehead atoms. The predicted octanol–water partition coefficient (Wildman–Crippen LogP) is 2.80. The highest BCUT2D eigenvalue weighted by molar-refractivity contribution is 6.00. The molecule has 11 heteroatoms. The minimum Gasteiger partial charge on any atom is -0.394 e. The first-order chi connectivity index (χ1) is 19.8. The third kappa shape index (κ3) is 6.82. The van der Waals surface area contributed by atoms with Crippen molar-refractivity contribution in [2.24, 2.45) is 0 Å². The SMILES string of the molecule is CC1(C)NC(=O)c2ccc(Nc3ncc(C(=O)NCCCN4CCOCC4)c(N[C@H](CO)c4ccccc4)n3)cc21. The Hall–Kier alpha value is -4.06. The first-order valence-corrected chi connectivity index (χ1v) is 14.0. The van der Waals surface area contributed by atoms with Crippen LogP contribution in [-0.4, -0.2) is 77.8 Å². The number of benzene rings is 2. The maximum Gasteiger partial charge on any atom is 0.256 e. The molecule has 5 N–H and O–H groups in total. The number of amides is 2. The zero-order valence-corrected chi connectivity index (χ0v) is 23.4. The fourth-order valence-corrected chi connectivity index (χ4v) is 5.11. The van der Waals surface area contributed by atoms with Gasteiger partial charge < -0.3 is 31.1 Å². The van der Waals surface area contributed by atoms with E-state index in [1.54, 1.807) is 12.1 Å². The summed E-state index contributed by atoms with van der Waals surface area (Å²) in [5, 5.41) is 22.6. The molecule has 2 aliphatic rings. The Kier molecular flexibility index (Phi) is 8.77. The lowest BCUT2D eigenvalue weighted by molar-refractivity contribution is 0.0374. The quantitative estimate of drug-likeness (QED) is 0.224. The van der Waals surface area contributed by atoms with E-state index in [0.29, 0.717) is 23.6 Å². The van der Waals surface area contributed by atoms with Crippen LogP contribution < -0.4 is 21.3 Å². The summed E-state index contributed by atoms with van der Waals surface area (Å²) in [6.45, 7) is 8.39. The van der Waals surface area contributed by atoms with Crippen molar-refractivity contribution in [3.63, 3.8) is 0 Å². The summed E-state index contributed by atoms with van der Waals surface area (Å²) in [5.74, 6) is 0.177. The summed E-state index contributed by atoms with van der Waals surface area (Å²) < 4.78 is 5.40. The Morgan fingerprint density at radius 3 is 2.71 bits per heavy atom. The second kappa shape index (κ2) is 12.6. The third-order valence-corrected chi connectivity index (χ3v) is 7.39. The number of morpholine rings is 1. The van der Waals surface area contributed by atoms with Crippen molar-refractivity contribution in [2.75, 3.05) is 56.6 Å². The number of ether oxygens (including phenoxy) is 1. The summed E-state index contributed by atoms with van der Waals surface area (Å²) in [6.07, 6.45) is 2.29. The van der Waals surface area contributed by atoms with E-state index in [1.165, 1.54) is 6.20 Å². The Morgan fingerprint density at radius 1 is 1.17 bits per heavy atom. The average molecular weight is 560 g/mol. The van der Waals surface area contributed by atoms with Crippen LogP contribution in [0, 0.1) is 0 Å². The number of nitrogens with zero attached hydrogens (tertiary/aromatic N) is 3. The van der Waals surface area contributed by atoms with Gasteiger partial charge in [-0.15, -0.1) is 0 Å². The van der Waals surface area contributed by atoms with E-state index in [0.717, 1.165) is 50.4 Å². The molecule has 1 fully saturated rings. The van der Waals surface area contributed by atoms with Gasteiger partial charge in [-0.2, -0.15) is 4.98 Å². The van der Waals surface area contributed by atoms with Crippen molar-refractivity contribution in [3.05, 3.63) is 77.0 Å². The van der Waals surface area contributed by atoms with Gasteiger partial charge >= 0.3 is 0 Å². The van der Waals surface area contributed by atoms with Crippen molar-refractivity contribution in [1.82, 2.24) is 25.5 Å². The Bertz CT molecular complexity index is 1380. The van der Waals surface area contributed by atoms with Gasteiger partial charge in [0.25, 0.3) is 11.8 Å². The van der Waals surface area contributed by atoms with Crippen LogP contribution in [0.5, 0.6) is 0 Å². The highest BCUT2D eigenvalue weighted by Gasteiger charge is 2.35. The Labute approximate surface area is 239 Å². The first kappa shape index (κ1) is 28.5. The molecule has 0 spiro atoms. The van der Waals surface area contributed by atoms with E-state index in [9.17, 15) is 14.7 Å². The lowest BCUT2D eigenvalue weighted by Gasteiger charge is -2.26. The molecule has 2 aromatic carbocycles. The molecule has 41 heavy (non-hydrogen) atoms. The molecule has 2 aliphatic heterocycles. The molecule has 1 saturated heterocycles. The van der Waals surface area contributed by atoms with Crippen LogP contribution >= 0.6 is 0 Å². The molecule has 1 atom stereocenters. The summed E-state index contributed by atoms with van der Waals surface area (Å²) in [5.41, 5.74) is 2.87. The van der Waals surface area contributed by atoms with E-state index < -0.39 is 11.6 Å². The normalized spacial score (nSPS) is 16.9. The van der Waals surface area contributed by atoms with Gasteiger partial charge in [0.2, 0.25) is 5.95 Å². The van der Waals surface area contributed by atoms with E-state index in [2.05, 4.69) is 36.1 Å². The lowest BCUT2D eigenvalue weighted by Crippen LogP contribution is -2.38. The van der Waals surface area contributed by atoms with E-state index >= 15 is 0 Å². The number of hydrogen-bond acceptors (Lipinski definition) is 9. The molecule has 0 aliphatic carbocycles. The largest absolute Gasteiger partial charge is 0.394 e. The fraction of sp³-hybridized carbons (Fsp3) is 0.400. The highest BCUT2D eigenvalue weighted by Crippen LogP contribution is 2.33. The van der Waals surface area contributed by atoms with Crippen molar-refractivity contribution in [1.29, 1.82) is 0 Å². The molecule has 3 heterocycles. The fourth-order valence-electron chi connectivity index (χ4n) is 5.11. The number of carbonyl (C=O) groups excluding carboxylic acids is 2. The number of anilines is 3. The Balaban J connectivity index is 1.34. The Morgan fingerprint density at radius 2 is 1.95 bits per heavy atom. The van der Waals surface area contributed by atoms with E-state index in [1.807, 2.05) is 50.2 Å². The number of aromatic nitrogens is 2. The van der Waals surface area contributed by atoms with Gasteiger partial charge in [-0.1, -0.05) is 30.3 Å². The smallest absolute Gasteiger partial charge is 0.256 e. The van der Waals surface area contributed by atoms with E-state index in [-0.39, 0.29) is 29.9 Å². The topological polar surface area (TPSA) is 141 Å². The van der Waals surface area contributed by atoms with Crippen molar-refractivity contribution >= 4 is 29.3 Å². The number of fused-ring (bicyclic) bond motifs is 1. The molecule has 0 unspecified atom stereocenters. The molecule has 5 rings (SSSR count). The van der Waals surface area contributed by atoms with Crippen LogP contribution in [0.1, 0.15) is 58.2 Å². The summed E-state index contributed by atoms with van der Waals surface area (Å²) in [6, 6.07) is 14.5. The van der Waals surface area contributed by atoms with Gasteiger partial charge in [0.05, 0.1) is 31.4 Å². The number of nitrogens with one attached hydrogen (secondary N) is 4. The molecule has 2 amide bonds. The number of hydrogen-bond donors (Lipinski definition) is 5. The zero-order chi connectivity index (χ0) is 28.8. The molecule has 3 aromatic rings. The molecular weight excluding hydrogens is 522 g/mol. The van der Waals surface area contributed by atoms with Crippen LogP contribution in [0.15, 0.2) is 54.7 Å². The number of rotatable bonds is 11. The minimum atomic E-state index is -0.495. The molecular formula is C30H37N7O4. The summed E-state index contributed by atoms with van der Waals surface area (Å²) >= 11 is 0. The van der Waals surface area contributed by atoms with E-state index in [4.69, 9.17) is 4.74 Å². The number of carbonyl (C=O) groups is 2. The second-order valence-electron chi connectivity index (χ2n) is 10.8. The monoisotopic (exact) mass is 559 g/mol. The highest BCUT2D eigenvalue weighted by atomic mass is 16.5. The van der Waals surface area contributed by atoms with Gasteiger partial charge in [0.1, 0.15) is 11.4 Å². The summed E-state index contributed by atoms with van der Waals surface area (Å²) in [7, 11) is 0. The van der Waals surface area contributed by atoms with Crippen molar-refractivity contribution < 1.29 is 19.4 Å². The van der Waals surface area contributed by atoms with Gasteiger partial charge in [0.15, 0.2) is 0 Å². The van der Waals surface area contributed by atoms with Gasteiger partial charge in [-0.3, -0.25) is 14.5 Å². The number of aliphatic hydroxyl groups is 1. The molecule has 0 saturated carbocycles. The first-order valence-electron chi connectivity index (χ1n) is 14.0. The molecule has 216 valence electrons. The molecule has 11 nitrogen and oxygen atoms in total. The van der Waals surface area contributed by atoms with Gasteiger partial charge in [-0.25, -0.2) is 4.98 Å². The van der Waals surface area contributed by atoms with Crippen LogP contribution in [0.2, 0.25) is 0 Å². The minimum absolute atomic E-state index is 0.101. The van der Waals surface area contributed by atoms with Crippen LogP contribution in [0.25, 0.3) is 0 Å². The predicted molar refractivity (Wildman–Crippen MR) is 156 cm³/mol. The number of aliphatic hydroxyl groups excluding tert-OH is 1. The maximum absolute atomic E-state index is 13.2. The van der Waals surface area contributed by atoms with Crippen molar-refractivity contribution in [3.8, 4) is 0 Å². The maximum atomic E-state index is 13.2. The third-order valence-electron chi connectivity index (χ3n) is 7.39. The van der Waals surface area contributed by atoms with Gasteiger partial charge in [-0.05, 0) is 56.1 Å². The lowest BCUT2D eigenvalue weighted by atomic mass is 9.94.